The van der Waals surface area contributed by atoms with E-state index in [1.54, 1.807) is 0 Å². The van der Waals surface area contributed by atoms with Crippen LogP contribution in [0.3, 0.4) is 0 Å². The van der Waals surface area contributed by atoms with E-state index in [0.29, 0.717) is 5.82 Å². The van der Waals surface area contributed by atoms with Crippen LogP contribution in [0.1, 0.15) is 44.7 Å². The van der Waals surface area contributed by atoms with Gasteiger partial charge in [0, 0.05) is 6.54 Å². The molecule has 0 amide bonds. The van der Waals surface area contributed by atoms with Crippen molar-refractivity contribution < 1.29 is 13.2 Å². The second-order valence-corrected chi connectivity index (χ2v) is 5.64. The van der Waals surface area contributed by atoms with Gasteiger partial charge in [-0.3, -0.25) is 0 Å². The molecule has 20 heavy (non-hydrogen) atoms. The SMILES string of the molecule is CC1CCC(CCNc2ccc(C(F)(F)F)nn2)CC1. The lowest BCUT2D eigenvalue weighted by Crippen LogP contribution is -2.16. The van der Waals surface area contributed by atoms with E-state index in [2.05, 4.69) is 22.4 Å². The number of hydrogen-bond donors (Lipinski definition) is 1. The molecule has 0 aliphatic heterocycles. The largest absolute Gasteiger partial charge is 0.435 e. The van der Waals surface area contributed by atoms with Crippen molar-refractivity contribution in [2.24, 2.45) is 11.8 Å². The van der Waals surface area contributed by atoms with E-state index in [0.717, 1.165) is 30.9 Å². The molecule has 112 valence electrons. The molecule has 1 saturated carbocycles. The van der Waals surface area contributed by atoms with Gasteiger partial charge in [0.2, 0.25) is 0 Å². The van der Waals surface area contributed by atoms with Gasteiger partial charge in [0.25, 0.3) is 0 Å². The zero-order valence-corrected chi connectivity index (χ0v) is 11.6. The maximum absolute atomic E-state index is 12.3. The summed E-state index contributed by atoms with van der Waals surface area (Å²) >= 11 is 0. The molecule has 1 aliphatic carbocycles. The number of nitrogens with zero attached hydrogens (tertiary/aromatic N) is 2. The molecule has 0 unspecified atom stereocenters. The van der Waals surface area contributed by atoms with Gasteiger partial charge in [-0.1, -0.05) is 32.6 Å². The van der Waals surface area contributed by atoms with Gasteiger partial charge in [-0.05, 0) is 30.4 Å². The molecule has 3 nitrogen and oxygen atoms in total. The number of rotatable bonds is 4. The maximum atomic E-state index is 12.3. The van der Waals surface area contributed by atoms with Crippen LogP contribution in [-0.2, 0) is 6.18 Å². The van der Waals surface area contributed by atoms with Crippen molar-refractivity contribution in [3.8, 4) is 0 Å². The summed E-state index contributed by atoms with van der Waals surface area (Å²) in [5.74, 6) is 1.96. The predicted octanol–water partition coefficient (Wildman–Crippen LogP) is 4.12. The standard InChI is InChI=1S/C14H20F3N3/c1-10-2-4-11(5-3-10)8-9-18-13-7-6-12(19-20-13)14(15,16)17/h6-7,10-11H,2-5,8-9H2,1H3,(H,18,20). The summed E-state index contributed by atoms with van der Waals surface area (Å²) in [5.41, 5.74) is -0.954. The molecule has 0 spiro atoms. The number of aromatic nitrogens is 2. The number of halogens is 3. The molecule has 1 heterocycles. The Morgan fingerprint density at radius 3 is 2.40 bits per heavy atom. The summed E-state index contributed by atoms with van der Waals surface area (Å²) in [4.78, 5) is 0. The smallest absolute Gasteiger partial charge is 0.369 e. The average Bonchev–Trinajstić information content (AvgIpc) is 2.41. The molecule has 0 aromatic carbocycles. The molecule has 0 atom stereocenters. The first-order chi connectivity index (χ1) is 9.45. The molecule has 0 bridgehead atoms. The summed E-state index contributed by atoms with van der Waals surface area (Å²) < 4.78 is 37.0. The Labute approximate surface area is 117 Å². The minimum atomic E-state index is -4.43. The van der Waals surface area contributed by atoms with Crippen molar-refractivity contribution in [3.63, 3.8) is 0 Å². The molecule has 1 aliphatic rings. The third-order valence-corrected chi connectivity index (χ3v) is 3.95. The van der Waals surface area contributed by atoms with Crippen LogP contribution in [0.15, 0.2) is 12.1 Å². The molecule has 6 heteroatoms. The molecule has 1 fully saturated rings. The zero-order valence-electron chi connectivity index (χ0n) is 11.6. The van der Waals surface area contributed by atoms with Gasteiger partial charge < -0.3 is 5.32 Å². The van der Waals surface area contributed by atoms with Gasteiger partial charge >= 0.3 is 6.18 Å². The Morgan fingerprint density at radius 1 is 1.15 bits per heavy atom. The number of nitrogens with one attached hydrogen (secondary N) is 1. The Kier molecular flexibility index (Phi) is 4.83. The van der Waals surface area contributed by atoms with Crippen LogP contribution in [0.2, 0.25) is 0 Å². The fourth-order valence-electron chi connectivity index (χ4n) is 2.60. The first kappa shape index (κ1) is 15.1. The summed E-state index contributed by atoms with van der Waals surface area (Å²) in [6, 6.07) is 2.29. The maximum Gasteiger partial charge on any atom is 0.435 e. The number of hydrogen-bond acceptors (Lipinski definition) is 3. The highest BCUT2D eigenvalue weighted by Gasteiger charge is 2.32. The highest BCUT2D eigenvalue weighted by Crippen LogP contribution is 2.30. The molecule has 0 saturated heterocycles. The van der Waals surface area contributed by atoms with Crippen molar-refractivity contribution >= 4 is 5.82 Å². The van der Waals surface area contributed by atoms with Crippen molar-refractivity contribution in [2.45, 2.75) is 45.2 Å². The number of alkyl halides is 3. The monoisotopic (exact) mass is 287 g/mol. The normalized spacial score (nSPS) is 23.6. The lowest BCUT2D eigenvalue weighted by molar-refractivity contribution is -0.141. The molecular weight excluding hydrogens is 267 g/mol. The average molecular weight is 287 g/mol. The van der Waals surface area contributed by atoms with Crippen LogP contribution in [-0.4, -0.2) is 16.7 Å². The highest BCUT2D eigenvalue weighted by molar-refractivity contribution is 5.33. The van der Waals surface area contributed by atoms with E-state index in [4.69, 9.17) is 0 Å². The Balaban J connectivity index is 1.74. The minimum Gasteiger partial charge on any atom is -0.369 e. The molecule has 1 aromatic heterocycles. The van der Waals surface area contributed by atoms with E-state index in [9.17, 15) is 13.2 Å². The first-order valence-electron chi connectivity index (χ1n) is 7.10. The third kappa shape index (κ3) is 4.35. The third-order valence-electron chi connectivity index (χ3n) is 3.95. The zero-order chi connectivity index (χ0) is 14.6. The van der Waals surface area contributed by atoms with Crippen molar-refractivity contribution in [2.75, 3.05) is 11.9 Å². The lowest BCUT2D eigenvalue weighted by atomic mass is 9.81. The van der Waals surface area contributed by atoms with E-state index in [1.165, 1.54) is 31.7 Å². The summed E-state index contributed by atoms with van der Waals surface area (Å²) in [6.07, 6.45) is 1.68. The van der Waals surface area contributed by atoms with Gasteiger partial charge in [0.1, 0.15) is 5.82 Å². The molecule has 0 radical (unpaired) electrons. The second-order valence-electron chi connectivity index (χ2n) is 5.64. The van der Waals surface area contributed by atoms with Crippen LogP contribution in [0.4, 0.5) is 19.0 Å². The molecule has 2 rings (SSSR count). The summed E-state index contributed by atoms with van der Waals surface area (Å²) in [5, 5.41) is 9.79. The van der Waals surface area contributed by atoms with Crippen LogP contribution >= 0.6 is 0 Å². The second kappa shape index (κ2) is 6.41. The van der Waals surface area contributed by atoms with Crippen molar-refractivity contribution in [1.29, 1.82) is 0 Å². The molecule has 1 N–H and O–H groups in total. The lowest BCUT2D eigenvalue weighted by Gasteiger charge is -2.26. The van der Waals surface area contributed by atoms with Crippen molar-refractivity contribution in [3.05, 3.63) is 17.8 Å². The number of anilines is 1. The van der Waals surface area contributed by atoms with E-state index in [1.807, 2.05) is 0 Å². The topological polar surface area (TPSA) is 37.8 Å². The minimum absolute atomic E-state index is 0.405. The Bertz CT molecular complexity index is 409. The van der Waals surface area contributed by atoms with Gasteiger partial charge in [-0.25, -0.2) is 0 Å². The molecular formula is C14H20F3N3. The van der Waals surface area contributed by atoms with Gasteiger partial charge in [-0.15, -0.1) is 10.2 Å². The molecule has 1 aromatic rings. The van der Waals surface area contributed by atoms with Crippen molar-refractivity contribution in [1.82, 2.24) is 10.2 Å². The Hall–Kier alpha value is -1.33. The Morgan fingerprint density at radius 2 is 1.85 bits per heavy atom. The fraction of sp³-hybridized carbons (Fsp3) is 0.714. The predicted molar refractivity (Wildman–Crippen MR) is 71.3 cm³/mol. The van der Waals surface area contributed by atoms with Crippen LogP contribution in [0.25, 0.3) is 0 Å². The van der Waals surface area contributed by atoms with Gasteiger partial charge in [0.15, 0.2) is 5.69 Å². The van der Waals surface area contributed by atoms with Gasteiger partial charge in [0.05, 0.1) is 0 Å². The fourth-order valence-corrected chi connectivity index (χ4v) is 2.60. The van der Waals surface area contributed by atoms with Gasteiger partial charge in [-0.2, -0.15) is 13.2 Å². The van der Waals surface area contributed by atoms with Crippen LogP contribution < -0.4 is 5.32 Å². The quantitative estimate of drug-likeness (QED) is 0.905. The highest BCUT2D eigenvalue weighted by atomic mass is 19.4. The van der Waals surface area contributed by atoms with E-state index < -0.39 is 11.9 Å². The summed E-state index contributed by atoms with van der Waals surface area (Å²) in [7, 11) is 0. The first-order valence-corrected chi connectivity index (χ1v) is 7.10. The van der Waals surface area contributed by atoms with E-state index in [-0.39, 0.29) is 0 Å². The van der Waals surface area contributed by atoms with E-state index >= 15 is 0 Å². The van der Waals surface area contributed by atoms with Crippen LogP contribution in [0, 0.1) is 11.8 Å². The summed E-state index contributed by atoms with van der Waals surface area (Å²) in [6.45, 7) is 3.02. The van der Waals surface area contributed by atoms with Crippen LogP contribution in [0.5, 0.6) is 0 Å².